The van der Waals surface area contributed by atoms with Crippen molar-refractivity contribution in [3.8, 4) is 5.75 Å². The third-order valence-corrected chi connectivity index (χ3v) is 4.09. The predicted octanol–water partition coefficient (Wildman–Crippen LogP) is 4.80. The Kier molecular flexibility index (Phi) is 6.02. The second-order valence-electron chi connectivity index (χ2n) is 5.40. The Balaban J connectivity index is 0.000000847. The monoisotopic (exact) mass is 297 g/mol. The quantitative estimate of drug-likeness (QED) is 0.803. The SMILES string of the molecule is CC.CCc1cccc2c1CN(Cc1ccc(OC)cc1)C2. The number of benzene rings is 2. The summed E-state index contributed by atoms with van der Waals surface area (Å²) in [5.41, 5.74) is 5.89. The van der Waals surface area contributed by atoms with E-state index < -0.39 is 0 Å². The molecule has 2 heteroatoms. The van der Waals surface area contributed by atoms with Crippen molar-refractivity contribution in [3.05, 3.63) is 64.7 Å². The molecule has 3 rings (SSSR count). The van der Waals surface area contributed by atoms with Gasteiger partial charge in [0.1, 0.15) is 5.75 Å². The molecule has 118 valence electrons. The van der Waals surface area contributed by atoms with Crippen LogP contribution in [0.25, 0.3) is 0 Å². The van der Waals surface area contributed by atoms with E-state index in [2.05, 4.69) is 42.2 Å². The molecule has 0 spiro atoms. The van der Waals surface area contributed by atoms with Crippen LogP contribution >= 0.6 is 0 Å². The first-order valence-corrected chi connectivity index (χ1v) is 8.25. The van der Waals surface area contributed by atoms with E-state index in [1.165, 1.54) is 16.7 Å². The highest BCUT2D eigenvalue weighted by atomic mass is 16.5. The fourth-order valence-electron chi connectivity index (χ4n) is 2.99. The highest BCUT2D eigenvalue weighted by Crippen LogP contribution is 2.27. The van der Waals surface area contributed by atoms with Crippen LogP contribution in [0.4, 0.5) is 0 Å². The van der Waals surface area contributed by atoms with Crippen molar-refractivity contribution in [3.63, 3.8) is 0 Å². The van der Waals surface area contributed by atoms with Gasteiger partial charge in [0.2, 0.25) is 0 Å². The van der Waals surface area contributed by atoms with Gasteiger partial charge in [0.05, 0.1) is 7.11 Å². The standard InChI is InChI=1S/C18H21NO.C2H6/c1-3-15-5-4-6-16-12-19(13-18(15)16)11-14-7-9-17(20-2)10-8-14;1-2/h4-10H,3,11-13H2,1-2H3;1-2H3. The van der Waals surface area contributed by atoms with E-state index in [0.717, 1.165) is 31.8 Å². The fraction of sp³-hybridized carbons (Fsp3) is 0.400. The topological polar surface area (TPSA) is 12.5 Å². The van der Waals surface area contributed by atoms with Crippen molar-refractivity contribution in [1.29, 1.82) is 0 Å². The van der Waals surface area contributed by atoms with Gasteiger partial charge in [-0.3, -0.25) is 4.90 Å². The van der Waals surface area contributed by atoms with Crippen molar-refractivity contribution < 1.29 is 4.74 Å². The van der Waals surface area contributed by atoms with Crippen LogP contribution in [0.3, 0.4) is 0 Å². The molecule has 1 aliphatic rings. The molecule has 2 nitrogen and oxygen atoms in total. The smallest absolute Gasteiger partial charge is 0.118 e. The van der Waals surface area contributed by atoms with E-state index in [1.807, 2.05) is 26.0 Å². The molecule has 0 aliphatic carbocycles. The molecule has 0 fully saturated rings. The number of hydrogen-bond acceptors (Lipinski definition) is 2. The first-order valence-electron chi connectivity index (χ1n) is 8.25. The van der Waals surface area contributed by atoms with Gasteiger partial charge in [-0.2, -0.15) is 0 Å². The Labute approximate surface area is 134 Å². The van der Waals surface area contributed by atoms with E-state index in [-0.39, 0.29) is 0 Å². The average Bonchev–Trinajstić information content (AvgIpc) is 2.99. The Morgan fingerprint density at radius 3 is 2.36 bits per heavy atom. The number of fused-ring (bicyclic) bond motifs is 1. The third-order valence-electron chi connectivity index (χ3n) is 4.09. The Hall–Kier alpha value is -1.80. The van der Waals surface area contributed by atoms with Crippen LogP contribution in [0.15, 0.2) is 42.5 Å². The number of methoxy groups -OCH3 is 1. The first-order chi connectivity index (χ1) is 10.8. The summed E-state index contributed by atoms with van der Waals surface area (Å²) in [6.45, 7) is 9.38. The lowest BCUT2D eigenvalue weighted by atomic mass is 10.0. The van der Waals surface area contributed by atoms with E-state index in [9.17, 15) is 0 Å². The average molecular weight is 297 g/mol. The summed E-state index contributed by atoms with van der Waals surface area (Å²) in [5, 5.41) is 0. The molecule has 2 aromatic rings. The zero-order chi connectivity index (χ0) is 15.9. The summed E-state index contributed by atoms with van der Waals surface area (Å²) in [6.07, 6.45) is 1.12. The minimum Gasteiger partial charge on any atom is -0.497 e. The summed E-state index contributed by atoms with van der Waals surface area (Å²) in [7, 11) is 1.71. The van der Waals surface area contributed by atoms with Crippen LogP contribution in [0.2, 0.25) is 0 Å². The number of nitrogens with zero attached hydrogens (tertiary/aromatic N) is 1. The van der Waals surface area contributed by atoms with Crippen molar-refractivity contribution in [1.82, 2.24) is 4.90 Å². The highest BCUT2D eigenvalue weighted by molar-refractivity contribution is 5.38. The second-order valence-corrected chi connectivity index (χ2v) is 5.40. The maximum absolute atomic E-state index is 5.21. The molecule has 22 heavy (non-hydrogen) atoms. The molecule has 0 N–H and O–H groups in total. The molecule has 1 aliphatic heterocycles. The number of aryl methyl sites for hydroxylation is 1. The normalized spacial score (nSPS) is 13.3. The van der Waals surface area contributed by atoms with Gasteiger partial charge in [-0.25, -0.2) is 0 Å². The van der Waals surface area contributed by atoms with E-state index in [1.54, 1.807) is 12.7 Å². The van der Waals surface area contributed by atoms with Gasteiger partial charge in [0.15, 0.2) is 0 Å². The van der Waals surface area contributed by atoms with Crippen LogP contribution in [0.5, 0.6) is 5.75 Å². The van der Waals surface area contributed by atoms with Crippen molar-refractivity contribution in [2.24, 2.45) is 0 Å². The van der Waals surface area contributed by atoms with Crippen LogP contribution in [-0.4, -0.2) is 12.0 Å². The maximum atomic E-state index is 5.21. The van der Waals surface area contributed by atoms with Crippen molar-refractivity contribution in [2.45, 2.75) is 46.8 Å². The van der Waals surface area contributed by atoms with Crippen LogP contribution in [0, 0.1) is 0 Å². The molecule has 0 bridgehead atoms. The zero-order valence-corrected chi connectivity index (χ0v) is 14.2. The van der Waals surface area contributed by atoms with E-state index in [0.29, 0.717) is 0 Å². The predicted molar refractivity (Wildman–Crippen MR) is 93.1 cm³/mol. The van der Waals surface area contributed by atoms with Gasteiger partial charge < -0.3 is 4.74 Å². The van der Waals surface area contributed by atoms with Crippen molar-refractivity contribution >= 4 is 0 Å². The third kappa shape index (κ3) is 3.69. The van der Waals surface area contributed by atoms with Crippen LogP contribution < -0.4 is 4.74 Å². The zero-order valence-electron chi connectivity index (χ0n) is 14.2. The molecule has 0 unspecified atom stereocenters. The van der Waals surface area contributed by atoms with Gasteiger partial charge >= 0.3 is 0 Å². The minimum atomic E-state index is 0.923. The largest absolute Gasteiger partial charge is 0.497 e. The molecular formula is C20H27NO. The van der Waals surface area contributed by atoms with Crippen LogP contribution in [0.1, 0.15) is 43.0 Å². The van der Waals surface area contributed by atoms with Crippen molar-refractivity contribution in [2.75, 3.05) is 7.11 Å². The Morgan fingerprint density at radius 2 is 1.73 bits per heavy atom. The Morgan fingerprint density at radius 1 is 1.00 bits per heavy atom. The molecular weight excluding hydrogens is 270 g/mol. The second kappa shape index (κ2) is 8.00. The fourth-order valence-corrected chi connectivity index (χ4v) is 2.99. The lowest BCUT2D eigenvalue weighted by molar-refractivity contribution is 0.275. The molecule has 0 saturated heterocycles. The lowest BCUT2D eigenvalue weighted by Crippen LogP contribution is -2.15. The summed E-state index contributed by atoms with van der Waals surface area (Å²) in [6, 6.07) is 15.1. The lowest BCUT2D eigenvalue weighted by Gasteiger charge is -2.15. The van der Waals surface area contributed by atoms with Gasteiger partial charge in [-0.05, 0) is 40.8 Å². The molecule has 0 radical (unpaired) electrons. The number of rotatable bonds is 4. The summed E-state index contributed by atoms with van der Waals surface area (Å²) >= 11 is 0. The molecule has 0 amide bonds. The van der Waals surface area contributed by atoms with E-state index in [4.69, 9.17) is 4.74 Å². The Bertz CT molecular complexity index is 589. The van der Waals surface area contributed by atoms with Gasteiger partial charge in [0, 0.05) is 19.6 Å². The highest BCUT2D eigenvalue weighted by Gasteiger charge is 2.20. The molecule has 0 saturated carbocycles. The maximum Gasteiger partial charge on any atom is 0.118 e. The molecule has 0 atom stereocenters. The summed E-state index contributed by atoms with van der Waals surface area (Å²) in [4.78, 5) is 2.51. The first kappa shape index (κ1) is 16.6. The minimum absolute atomic E-state index is 0.923. The van der Waals surface area contributed by atoms with Gasteiger partial charge in [-0.1, -0.05) is 51.1 Å². The number of ether oxygens (including phenoxy) is 1. The summed E-state index contributed by atoms with van der Waals surface area (Å²) < 4.78 is 5.21. The molecule has 0 aromatic heterocycles. The van der Waals surface area contributed by atoms with Crippen LogP contribution in [-0.2, 0) is 26.1 Å². The molecule has 2 aromatic carbocycles. The number of hydrogen-bond donors (Lipinski definition) is 0. The van der Waals surface area contributed by atoms with Gasteiger partial charge in [-0.15, -0.1) is 0 Å². The van der Waals surface area contributed by atoms with E-state index >= 15 is 0 Å². The summed E-state index contributed by atoms with van der Waals surface area (Å²) in [5.74, 6) is 0.923. The molecule has 1 heterocycles. The van der Waals surface area contributed by atoms with Gasteiger partial charge in [0.25, 0.3) is 0 Å².